The Morgan fingerprint density at radius 2 is 1.81 bits per heavy atom. The summed E-state index contributed by atoms with van der Waals surface area (Å²) in [6, 6.07) is 16.0. The van der Waals surface area contributed by atoms with E-state index in [1.54, 1.807) is 0 Å². The number of carbonyl (C=O) groups excluding carboxylic acids is 1. The van der Waals surface area contributed by atoms with Gasteiger partial charge in [0.05, 0.1) is 6.61 Å². The number of hydrogen-bond donors (Lipinski definition) is 2. The van der Waals surface area contributed by atoms with Crippen LogP contribution in [0.2, 0.25) is 0 Å². The number of ether oxygens (including phenoxy) is 1. The second-order valence-corrected chi connectivity index (χ2v) is 5.91. The molecule has 0 fully saturated rings. The Morgan fingerprint density at radius 1 is 1.12 bits per heavy atom. The van der Waals surface area contributed by atoms with Gasteiger partial charge in [-0.3, -0.25) is 4.79 Å². The summed E-state index contributed by atoms with van der Waals surface area (Å²) in [5.41, 5.74) is 7.46. The molecule has 5 nitrogen and oxygen atoms in total. The van der Waals surface area contributed by atoms with Crippen molar-refractivity contribution in [3.8, 4) is 5.75 Å². The largest absolute Gasteiger partial charge is 0.493 e. The molecule has 1 amide bonds. The summed E-state index contributed by atoms with van der Waals surface area (Å²) < 4.78 is 5.71. The molecule has 0 aliphatic carbocycles. The van der Waals surface area contributed by atoms with Gasteiger partial charge in [0.2, 0.25) is 5.91 Å². The van der Waals surface area contributed by atoms with Gasteiger partial charge in [-0.1, -0.05) is 36.4 Å². The van der Waals surface area contributed by atoms with E-state index < -0.39 is 6.04 Å². The number of anilines is 1. The molecule has 0 aromatic heterocycles. The van der Waals surface area contributed by atoms with E-state index >= 15 is 0 Å². The topological polar surface area (TPSA) is 67.6 Å². The molecule has 26 heavy (non-hydrogen) atoms. The van der Waals surface area contributed by atoms with Crippen LogP contribution in [0.5, 0.6) is 5.75 Å². The quantitative estimate of drug-likeness (QED) is 0.666. The van der Waals surface area contributed by atoms with Crippen molar-refractivity contribution in [1.29, 1.82) is 0 Å². The van der Waals surface area contributed by atoms with Gasteiger partial charge in [0.15, 0.2) is 0 Å². The zero-order valence-corrected chi connectivity index (χ0v) is 16.7. The molecule has 144 valence electrons. The van der Waals surface area contributed by atoms with Crippen LogP contribution in [-0.2, 0) is 4.79 Å². The average molecular weight is 400 g/mol. The molecule has 2 rings (SSSR count). The summed E-state index contributed by atoms with van der Waals surface area (Å²) in [7, 11) is 4.07. The predicted molar refractivity (Wildman–Crippen MR) is 112 cm³/mol. The fraction of sp³-hybridized carbons (Fsp3) is 0.316. The van der Waals surface area contributed by atoms with E-state index in [1.807, 2.05) is 68.7 Å². The van der Waals surface area contributed by atoms with Crippen LogP contribution in [0.15, 0.2) is 54.6 Å². The van der Waals surface area contributed by atoms with Gasteiger partial charge in [0, 0.05) is 18.3 Å². The van der Waals surface area contributed by atoms with Gasteiger partial charge in [-0.15, -0.1) is 24.8 Å². The second-order valence-electron chi connectivity index (χ2n) is 5.91. The molecule has 0 saturated carbocycles. The van der Waals surface area contributed by atoms with Crippen molar-refractivity contribution in [3.63, 3.8) is 0 Å². The zero-order valence-electron chi connectivity index (χ0n) is 15.1. The predicted octanol–water partition coefficient (Wildman–Crippen LogP) is 3.50. The maximum atomic E-state index is 12.3. The van der Waals surface area contributed by atoms with Crippen LogP contribution in [0, 0.1) is 0 Å². The summed E-state index contributed by atoms with van der Waals surface area (Å²) in [6.07, 6.45) is 0.947. The molecule has 2 aromatic rings. The lowest BCUT2D eigenvalue weighted by Crippen LogP contribution is -2.27. The molecule has 7 heteroatoms. The summed E-state index contributed by atoms with van der Waals surface area (Å²) in [4.78, 5) is 14.4. The Labute approximate surface area is 167 Å². The van der Waals surface area contributed by atoms with Crippen molar-refractivity contribution >= 4 is 36.4 Å². The van der Waals surface area contributed by atoms with Gasteiger partial charge in [0.1, 0.15) is 11.8 Å². The van der Waals surface area contributed by atoms with Gasteiger partial charge >= 0.3 is 0 Å². The molecular formula is C19H27Cl2N3O2. The van der Waals surface area contributed by atoms with Crippen LogP contribution in [0.3, 0.4) is 0 Å². The molecule has 0 radical (unpaired) electrons. The van der Waals surface area contributed by atoms with Crippen LogP contribution in [0.4, 0.5) is 5.69 Å². The summed E-state index contributed by atoms with van der Waals surface area (Å²) >= 11 is 0. The number of nitrogens with two attached hydrogens (primary N) is 1. The zero-order chi connectivity index (χ0) is 17.4. The molecule has 3 N–H and O–H groups in total. The van der Waals surface area contributed by atoms with E-state index in [9.17, 15) is 4.79 Å². The molecule has 0 spiro atoms. The third-order valence-corrected chi connectivity index (χ3v) is 3.56. The number of carbonyl (C=O) groups is 1. The van der Waals surface area contributed by atoms with Gasteiger partial charge in [-0.25, -0.2) is 0 Å². The number of amides is 1. The highest BCUT2D eigenvalue weighted by molar-refractivity contribution is 5.95. The van der Waals surface area contributed by atoms with Crippen molar-refractivity contribution in [3.05, 3.63) is 60.2 Å². The number of nitrogens with one attached hydrogen (secondary N) is 1. The summed E-state index contributed by atoms with van der Waals surface area (Å²) in [5, 5.41) is 2.84. The van der Waals surface area contributed by atoms with E-state index in [1.165, 1.54) is 0 Å². The maximum absolute atomic E-state index is 12.3. The summed E-state index contributed by atoms with van der Waals surface area (Å²) in [6.45, 7) is 1.61. The van der Waals surface area contributed by atoms with Crippen molar-refractivity contribution < 1.29 is 9.53 Å². The average Bonchev–Trinajstić information content (AvgIpc) is 2.59. The Balaban J connectivity index is 0.00000312. The number of rotatable bonds is 8. The number of benzene rings is 2. The minimum Gasteiger partial charge on any atom is -0.493 e. The molecule has 0 aliphatic rings. The Morgan fingerprint density at radius 3 is 2.46 bits per heavy atom. The maximum Gasteiger partial charge on any atom is 0.245 e. The van der Waals surface area contributed by atoms with E-state index in [2.05, 4.69) is 10.2 Å². The van der Waals surface area contributed by atoms with E-state index in [0.717, 1.165) is 24.3 Å². The minimum absolute atomic E-state index is 0. The highest BCUT2D eigenvalue weighted by Gasteiger charge is 2.15. The fourth-order valence-electron chi connectivity index (χ4n) is 2.27. The van der Waals surface area contributed by atoms with E-state index in [-0.39, 0.29) is 30.7 Å². The second kappa shape index (κ2) is 12.5. The first-order valence-corrected chi connectivity index (χ1v) is 8.05. The van der Waals surface area contributed by atoms with Crippen molar-refractivity contribution in [1.82, 2.24) is 4.90 Å². The van der Waals surface area contributed by atoms with Crippen LogP contribution in [0.1, 0.15) is 18.0 Å². The third-order valence-electron chi connectivity index (χ3n) is 3.56. The lowest BCUT2D eigenvalue weighted by Gasteiger charge is -2.14. The Bertz CT molecular complexity index is 654. The smallest absolute Gasteiger partial charge is 0.245 e. The minimum atomic E-state index is -0.698. The van der Waals surface area contributed by atoms with E-state index in [0.29, 0.717) is 12.3 Å². The first kappa shape index (κ1) is 24.2. The van der Waals surface area contributed by atoms with E-state index in [4.69, 9.17) is 10.5 Å². The van der Waals surface area contributed by atoms with Crippen LogP contribution >= 0.6 is 24.8 Å². The molecule has 1 atom stereocenters. The van der Waals surface area contributed by atoms with Crippen LogP contribution in [0.25, 0.3) is 0 Å². The van der Waals surface area contributed by atoms with Crippen molar-refractivity contribution in [2.24, 2.45) is 5.73 Å². The molecule has 0 aliphatic heterocycles. The van der Waals surface area contributed by atoms with Crippen molar-refractivity contribution in [2.45, 2.75) is 12.5 Å². The Hall–Kier alpha value is -1.79. The lowest BCUT2D eigenvalue weighted by molar-refractivity contribution is -0.117. The molecule has 0 saturated heterocycles. The molecular weight excluding hydrogens is 373 g/mol. The molecule has 2 aromatic carbocycles. The standard InChI is InChI=1S/C19H25N3O2.2ClH/c1-22(2)12-7-13-24-17-11-6-10-16(14-17)21-19(23)18(20)15-8-4-3-5-9-15;;/h3-6,8-11,14,18H,7,12-13,20H2,1-2H3,(H,21,23);2*1H. The monoisotopic (exact) mass is 399 g/mol. The SMILES string of the molecule is CN(C)CCCOc1cccc(NC(=O)C(N)c2ccccc2)c1.Cl.Cl. The molecule has 0 heterocycles. The number of nitrogens with zero attached hydrogens (tertiary/aromatic N) is 1. The number of hydrogen-bond acceptors (Lipinski definition) is 4. The van der Waals surface area contributed by atoms with Crippen molar-refractivity contribution in [2.75, 3.05) is 32.6 Å². The lowest BCUT2D eigenvalue weighted by atomic mass is 10.1. The first-order chi connectivity index (χ1) is 11.6. The Kier molecular flexibility index (Phi) is 11.7. The number of halogens is 2. The van der Waals surface area contributed by atoms with Gasteiger partial charge in [-0.05, 0) is 38.2 Å². The highest BCUT2D eigenvalue weighted by atomic mass is 35.5. The third kappa shape index (κ3) is 8.06. The normalized spacial score (nSPS) is 11.1. The highest BCUT2D eigenvalue weighted by Crippen LogP contribution is 2.19. The fourth-order valence-corrected chi connectivity index (χ4v) is 2.27. The first-order valence-electron chi connectivity index (χ1n) is 8.05. The molecule has 1 unspecified atom stereocenters. The van der Waals surface area contributed by atoms with Crippen LogP contribution in [-0.4, -0.2) is 38.1 Å². The van der Waals surface area contributed by atoms with Gasteiger partial charge in [-0.2, -0.15) is 0 Å². The summed E-state index contributed by atoms with van der Waals surface area (Å²) in [5.74, 6) is 0.491. The van der Waals surface area contributed by atoms with Gasteiger partial charge < -0.3 is 20.7 Å². The molecule has 0 bridgehead atoms. The van der Waals surface area contributed by atoms with Crippen LogP contribution < -0.4 is 15.8 Å². The van der Waals surface area contributed by atoms with Gasteiger partial charge in [0.25, 0.3) is 0 Å².